The summed E-state index contributed by atoms with van der Waals surface area (Å²) < 4.78 is 1.90. The second-order valence-corrected chi connectivity index (χ2v) is 7.26. The van der Waals surface area contributed by atoms with Crippen molar-refractivity contribution in [1.29, 1.82) is 0 Å². The summed E-state index contributed by atoms with van der Waals surface area (Å²) in [5.41, 5.74) is 7.90. The molecule has 0 aliphatic heterocycles. The molecule has 0 saturated heterocycles. The molecule has 2 rings (SSSR count). The fourth-order valence-corrected chi connectivity index (χ4v) is 3.24. The smallest absolute Gasteiger partial charge is 0.162 e. The molecule has 2 aromatic rings. The molecule has 0 radical (unpaired) electrons. The molecule has 1 aromatic carbocycles. The zero-order valence-electron chi connectivity index (χ0n) is 11.0. The second kappa shape index (κ2) is 5.36. The normalized spacial score (nSPS) is 11.6. The zero-order valence-corrected chi connectivity index (χ0v) is 14.8. The van der Waals surface area contributed by atoms with Gasteiger partial charge in [0.1, 0.15) is 5.82 Å². The Bertz CT molecular complexity index is 621. The van der Waals surface area contributed by atoms with Gasteiger partial charge in [0, 0.05) is 15.5 Å². The molecule has 0 aliphatic carbocycles. The van der Waals surface area contributed by atoms with Crippen LogP contribution in [0.2, 0.25) is 0 Å². The van der Waals surface area contributed by atoms with E-state index in [0.717, 1.165) is 19.3 Å². The van der Waals surface area contributed by atoms with Crippen LogP contribution in [0.4, 0.5) is 5.82 Å². The minimum absolute atomic E-state index is 0.0659. The first kappa shape index (κ1) is 14.7. The molecule has 0 atom stereocenters. The maximum atomic E-state index is 6.03. The van der Waals surface area contributed by atoms with E-state index < -0.39 is 0 Å². The molecule has 19 heavy (non-hydrogen) atoms. The summed E-state index contributed by atoms with van der Waals surface area (Å²) in [5.74, 6) is 1.20. The number of hydrogen-bond acceptors (Lipinski definition) is 3. The average Bonchev–Trinajstić information content (AvgIpc) is 2.31. The van der Waals surface area contributed by atoms with Gasteiger partial charge in [-0.15, -0.1) is 0 Å². The molecule has 1 aromatic heterocycles. The van der Waals surface area contributed by atoms with E-state index in [-0.39, 0.29) is 5.41 Å². The van der Waals surface area contributed by atoms with Crippen LogP contribution < -0.4 is 5.73 Å². The van der Waals surface area contributed by atoms with Crippen molar-refractivity contribution in [1.82, 2.24) is 9.97 Å². The molecule has 3 nitrogen and oxygen atoms in total. The van der Waals surface area contributed by atoms with Gasteiger partial charge in [0.05, 0.1) is 9.26 Å². The van der Waals surface area contributed by atoms with E-state index in [1.807, 2.05) is 24.3 Å². The highest BCUT2D eigenvalue weighted by Gasteiger charge is 2.23. The van der Waals surface area contributed by atoms with Gasteiger partial charge in [-0.25, -0.2) is 9.97 Å². The topological polar surface area (TPSA) is 51.8 Å². The Morgan fingerprint density at radius 3 is 2.37 bits per heavy atom. The maximum absolute atomic E-state index is 6.03. The number of hydrogen-bond donors (Lipinski definition) is 1. The molecule has 1 heterocycles. The monoisotopic (exact) mass is 431 g/mol. The van der Waals surface area contributed by atoms with Crippen LogP contribution in [0.3, 0.4) is 0 Å². The van der Waals surface area contributed by atoms with Crippen LogP contribution in [0, 0.1) is 3.57 Å². The number of nitrogens with zero attached hydrogens (tertiary/aromatic N) is 2. The summed E-state index contributed by atoms with van der Waals surface area (Å²) in [6.07, 6.45) is 0. The van der Waals surface area contributed by atoms with Crippen molar-refractivity contribution in [2.45, 2.75) is 26.2 Å². The van der Waals surface area contributed by atoms with Gasteiger partial charge < -0.3 is 5.73 Å². The van der Waals surface area contributed by atoms with E-state index in [4.69, 9.17) is 10.7 Å². The predicted octanol–water partition coefficient (Wildman–Crippen LogP) is 4.39. The molecule has 0 bridgehead atoms. The zero-order chi connectivity index (χ0) is 14.2. The first-order valence-corrected chi connectivity index (χ1v) is 7.76. The van der Waals surface area contributed by atoms with E-state index in [9.17, 15) is 0 Å². The SMILES string of the molecule is CC(C)(C)c1nc(-c2ccccc2Br)nc(N)c1I. The van der Waals surface area contributed by atoms with Gasteiger partial charge in [-0.05, 0) is 28.7 Å². The number of anilines is 1. The van der Waals surface area contributed by atoms with Crippen molar-refractivity contribution in [3.05, 3.63) is 38.0 Å². The molecule has 5 heteroatoms. The first-order valence-electron chi connectivity index (χ1n) is 5.89. The summed E-state index contributed by atoms with van der Waals surface area (Å²) in [7, 11) is 0. The highest BCUT2D eigenvalue weighted by molar-refractivity contribution is 14.1. The lowest BCUT2D eigenvalue weighted by atomic mass is 9.92. The molecular weight excluding hydrogens is 417 g/mol. The number of benzene rings is 1. The summed E-state index contributed by atoms with van der Waals surface area (Å²) >= 11 is 5.74. The second-order valence-electron chi connectivity index (χ2n) is 5.32. The standard InChI is InChI=1S/C14H15BrIN3/c1-14(2,3)11-10(16)12(17)19-13(18-11)8-6-4-5-7-9(8)15/h4-7H,1-3H3,(H2,17,18,19). The van der Waals surface area contributed by atoms with Crippen LogP contribution in [-0.4, -0.2) is 9.97 Å². The van der Waals surface area contributed by atoms with Crippen LogP contribution in [0.25, 0.3) is 11.4 Å². The highest BCUT2D eigenvalue weighted by atomic mass is 127. The molecule has 0 spiro atoms. The minimum atomic E-state index is -0.0659. The Labute approximate surface area is 135 Å². The molecule has 0 amide bonds. The van der Waals surface area contributed by atoms with Crippen LogP contribution in [0.5, 0.6) is 0 Å². The minimum Gasteiger partial charge on any atom is -0.383 e. The Hall–Kier alpha value is -0.690. The van der Waals surface area contributed by atoms with E-state index in [1.54, 1.807) is 0 Å². The first-order chi connectivity index (χ1) is 8.80. The number of rotatable bonds is 1. The van der Waals surface area contributed by atoms with Crippen molar-refractivity contribution in [2.75, 3.05) is 5.73 Å². The molecular formula is C14H15BrIN3. The van der Waals surface area contributed by atoms with Gasteiger partial charge in [-0.3, -0.25) is 0 Å². The Morgan fingerprint density at radius 1 is 1.16 bits per heavy atom. The molecule has 0 unspecified atom stereocenters. The van der Waals surface area contributed by atoms with Crippen LogP contribution in [0.15, 0.2) is 28.7 Å². The van der Waals surface area contributed by atoms with E-state index in [2.05, 4.69) is 64.3 Å². The van der Waals surface area contributed by atoms with Crippen LogP contribution in [-0.2, 0) is 5.41 Å². The summed E-state index contributed by atoms with van der Waals surface area (Å²) in [6.45, 7) is 6.38. The van der Waals surface area contributed by atoms with Crippen molar-refractivity contribution in [3.63, 3.8) is 0 Å². The third-order valence-electron chi connectivity index (χ3n) is 2.70. The van der Waals surface area contributed by atoms with Gasteiger partial charge >= 0.3 is 0 Å². The third-order valence-corrected chi connectivity index (χ3v) is 4.46. The lowest BCUT2D eigenvalue weighted by Gasteiger charge is -2.21. The van der Waals surface area contributed by atoms with Crippen molar-refractivity contribution < 1.29 is 0 Å². The van der Waals surface area contributed by atoms with Crippen LogP contribution >= 0.6 is 38.5 Å². The molecule has 100 valence electrons. The summed E-state index contributed by atoms with van der Waals surface area (Å²) in [5, 5.41) is 0. The average molecular weight is 432 g/mol. The maximum Gasteiger partial charge on any atom is 0.162 e. The van der Waals surface area contributed by atoms with E-state index >= 15 is 0 Å². The number of aromatic nitrogens is 2. The van der Waals surface area contributed by atoms with Gasteiger partial charge in [0.2, 0.25) is 0 Å². The lowest BCUT2D eigenvalue weighted by molar-refractivity contribution is 0.564. The van der Waals surface area contributed by atoms with Gasteiger partial charge in [0.15, 0.2) is 5.82 Å². The van der Waals surface area contributed by atoms with Crippen molar-refractivity contribution in [3.8, 4) is 11.4 Å². The molecule has 2 N–H and O–H groups in total. The van der Waals surface area contributed by atoms with Gasteiger partial charge in [0.25, 0.3) is 0 Å². The number of nitrogens with two attached hydrogens (primary N) is 1. The molecule has 0 aliphatic rings. The number of nitrogen functional groups attached to an aromatic ring is 1. The highest BCUT2D eigenvalue weighted by Crippen LogP contribution is 2.32. The summed E-state index contributed by atoms with van der Waals surface area (Å²) in [4.78, 5) is 9.11. The van der Waals surface area contributed by atoms with Gasteiger partial charge in [-0.1, -0.05) is 54.9 Å². The molecule has 0 fully saturated rings. The Balaban J connectivity index is 2.68. The van der Waals surface area contributed by atoms with Crippen molar-refractivity contribution in [2.24, 2.45) is 0 Å². The third kappa shape index (κ3) is 3.08. The van der Waals surface area contributed by atoms with Gasteiger partial charge in [-0.2, -0.15) is 0 Å². The van der Waals surface area contributed by atoms with Crippen LogP contribution in [0.1, 0.15) is 26.5 Å². The fourth-order valence-electron chi connectivity index (χ4n) is 1.72. The predicted molar refractivity (Wildman–Crippen MR) is 91.0 cm³/mol. The fraction of sp³-hybridized carbons (Fsp3) is 0.286. The largest absolute Gasteiger partial charge is 0.383 e. The Kier molecular flexibility index (Phi) is 4.15. The van der Waals surface area contributed by atoms with E-state index in [1.165, 1.54) is 0 Å². The van der Waals surface area contributed by atoms with Crippen molar-refractivity contribution >= 4 is 44.3 Å². The van der Waals surface area contributed by atoms with E-state index in [0.29, 0.717) is 11.6 Å². The quantitative estimate of drug-likeness (QED) is 0.681. The lowest BCUT2D eigenvalue weighted by Crippen LogP contribution is -2.18. The Morgan fingerprint density at radius 2 is 1.79 bits per heavy atom. The number of halogens is 2. The summed E-state index contributed by atoms with van der Waals surface area (Å²) in [6, 6.07) is 7.89. The molecule has 0 saturated carbocycles.